The zero-order valence-electron chi connectivity index (χ0n) is 9.57. The van der Waals surface area contributed by atoms with Gasteiger partial charge < -0.3 is 5.73 Å². The zero-order chi connectivity index (χ0) is 11.8. The lowest BCUT2D eigenvalue weighted by molar-refractivity contribution is -0.120. The van der Waals surface area contributed by atoms with Crippen LogP contribution in [0.4, 0.5) is 0 Å². The predicted molar refractivity (Wildman–Crippen MR) is 65.9 cm³/mol. The molecule has 0 saturated heterocycles. The molecule has 0 heterocycles. The average molecular weight is 215 g/mol. The average Bonchev–Trinajstić information content (AvgIpc) is 2.32. The second-order valence-corrected chi connectivity index (χ2v) is 3.59. The summed E-state index contributed by atoms with van der Waals surface area (Å²) in [6.07, 6.45) is 1.11. The van der Waals surface area contributed by atoms with Gasteiger partial charge in [0.25, 0.3) is 0 Å². The summed E-state index contributed by atoms with van der Waals surface area (Å²) in [6, 6.07) is 9.68. The number of hydrogen-bond donors (Lipinski definition) is 1. The molecule has 1 aromatic carbocycles. The van der Waals surface area contributed by atoms with E-state index in [1.165, 1.54) is 0 Å². The van der Waals surface area contributed by atoms with E-state index in [0.717, 1.165) is 5.56 Å². The number of hydrogen-bond acceptors (Lipinski definition) is 2. The Morgan fingerprint density at radius 2 is 2.06 bits per heavy atom. The number of Topliss-reactive ketones (excluding diaryl/α,β-unsaturated/α-hetero) is 1. The summed E-state index contributed by atoms with van der Waals surface area (Å²) in [5.41, 5.74) is 6.65. The van der Waals surface area contributed by atoms with Gasteiger partial charge in [-0.25, -0.2) is 0 Å². The van der Waals surface area contributed by atoms with Crippen LogP contribution in [0.5, 0.6) is 0 Å². The fourth-order valence-corrected chi connectivity index (χ4v) is 1.62. The molecule has 0 fully saturated rings. The largest absolute Gasteiger partial charge is 0.329 e. The van der Waals surface area contributed by atoms with E-state index in [2.05, 4.69) is 11.8 Å². The van der Waals surface area contributed by atoms with Crippen LogP contribution in [0.25, 0.3) is 0 Å². The summed E-state index contributed by atoms with van der Waals surface area (Å²) >= 11 is 0. The maximum absolute atomic E-state index is 11.9. The summed E-state index contributed by atoms with van der Waals surface area (Å²) in [4.78, 5) is 11.9. The highest BCUT2D eigenvalue weighted by atomic mass is 16.1. The van der Waals surface area contributed by atoms with Crippen LogP contribution in [0.1, 0.15) is 31.2 Å². The fraction of sp³-hybridized carbons (Fsp3) is 0.357. The van der Waals surface area contributed by atoms with Crippen molar-refractivity contribution >= 4 is 5.78 Å². The standard InChI is InChI=1S/C14H17NO/c1-2-3-5-10-14(16)13(11-15)12-8-6-4-7-9-12/h4,6-9,13H,5,10-11,15H2,1H3. The molecule has 84 valence electrons. The molecule has 1 unspecified atom stereocenters. The smallest absolute Gasteiger partial charge is 0.142 e. The lowest BCUT2D eigenvalue weighted by Gasteiger charge is -2.12. The van der Waals surface area contributed by atoms with Gasteiger partial charge in [-0.05, 0) is 12.5 Å². The molecule has 0 radical (unpaired) electrons. The molecule has 2 N–H and O–H groups in total. The maximum Gasteiger partial charge on any atom is 0.142 e. The molecule has 0 aromatic heterocycles. The molecular formula is C14H17NO. The van der Waals surface area contributed by atoms with Crippen molar-refractivity contribution in [2.45, 2.75) is 25.7 Å². The minimum absolute atomic E-state index is 0.177. The van der Waals surface area contributed by atoms with E-state index in [1.807, 2.05) is 30.3 Å². The summed E-state index contributed by atoms with van der Waals surface area (Å²) in [7, 11) is 0. The van der Waals surface area contributed by atoms with Gasteiger partial charge in [-0.1, -0.05) is 30.3 Å². The number of carbonyl (C=O) groups is 1. The van der Waals surface area contributed by atoms with E-state index in [4.69, 9.17) is 5.73 Å². The van der Waals surface area contributed by atoms with Crippen LogP contribution in [0.15, 0.2) is 30.3 Å². The van der Waals surface area contributed by atoms with E-state index >= 15 is 0 Å². The van der Waals surface area contributed by atoms with Gasteiger partial charge in [-0.15, -0.1) is 11.8 Å². The highest BCUT2D eigenvalue weighted by molar-refractivity contribution is 5.86. The lowest BCUT2D eigenvalue weighted by Crippen LogP contribution is -2.21. The molecule has 0 aliphatic rings. The van der Waals surface area contributed by atoms with E-state index in [1.54, 1.807) is 6.92 Å². The van der Waals surface area contributed by atoms with Gasteiger partial charge in [0.1, 0.15) is 5.78 Å². The normalized spacial score (nSPS) is 11.4. The van der Waals surface area contributed by atoms with Crippen LogP contribution in [0.3, 0.4) is 0 Å². The number of rotatable bonds is 5. The van der Waals surface area contributed by atoms with Crippen molar-refractivity contribution in [3.63, 3.8) is 0 Å². The minimum Gasteiger partial charge on any atom is -0.329 e. The highest BCUT2D eigenvalue weighted by Gasteiger charge is 2.17. The SMILES string of the molecule is CC#CCCC(=O)C(CN)c1ccccc1. The topological polar surface area (TPSA) is 43.1 Å². The Bertz CT molecular complexity index is 386. The van der Waals surface area contributed by atoms with Crippen molar-refractivity contribution < 1.29 is 4.79 Å². The second-order valence-electron chi connectivity index (χ2n) is 3.59. The van der Waals surface area contributed by atoms with Crippen LogP contribution in [-0.2, 0) is 4.79 Å². The molecule has 0 aliphatic carbocycles. The van der Waals surface area contributed by atoms with Crippen molar-refractivity contribution in [3.8, 4) is 11.8 Å². The van der Waals surface area contributed by atoms with Crippen molar-refractivity contribution in [3.05, 3.63) is 35.9 Å². The Labute approximate surface area is 96.9 Å². The minimum atomic E-state index is -0.181. The third-order valence-corrected chi connectivity index (χ3v) is 2.50. The Morgan fingerprint density at radius 1 is 1.38 bits per heavy atom. The number of ketones is 1. The molecule has 0 amide bonds. The van der Waals surface area contributed by atoms with Crippen molar-refractivity contribution in [1.29, 1.82) is 0 Å². The van der Waals surface area contributed by atoms with Gasteiger partial charge in [-0.2, -0.15) is 0 Å². The molecule has 2 heteroatoms. The summed E-state index contributed by atoms with van der Waals surface area (Å²) in [6.45, 7) is 2.14. The van der Waals surface area contributed by atoms with E-state index in [9.17, 15) is 4.79 Å². The number of carbonyl (C=O) groups excluding carboxylic acids is 1. The first kappa shape index (κ1) is 12.5. The molecule has 2 nitrogen and oxygen atoms in total. The van der Waals surface area contributed by atoms with E-state index in [0.29, 0.717) is 19.4 Å². The maximum atomic E-state index is 11.9. The van der Waals surface area contributed by atoms with Crippen molar-refractivity contribution in [2.24, 2.45) is 5.73 Å². The first-order chi connectivity index (χ1) is 7.79. The molecule has 0 bridgehead atoms. The Hall–Kier alpha value is -1.59. The van der Waals surface area contributed by atoms with Crippen LogP contribution < -0.4 is 5.73 Å². The van der Waals surface area contributed by atoms with Gasteiger partial charge in [-0.3, -0.25) is 4.79 Å². The van der Waals surface area contributed by atoms with Gasteiger partial charge in [0.2, 0.25) is 0 Å². The predicted octanol–water partition coefficient (Wildman–Crippen LogP) is 2.10. The Kier molecular flexibility index (Phi) is 5.31. The highest BCUT2D eigenvalue weighted by Crippen LogP contribution is 2.17. The van der Waals surface area contributed by atoms with Gasteiger partial charge in [0.05, 0.1) is 5.92 Å². The third-order valence-electron chi connectivity index (χ3n) is 2.50. The molecule has 16 heavy (non-hydrogen) atoms. The van der Waals surface area contributed by atoms with Crippen LogP contribution in [0.2, 0.25) is 0 Å². The van der Waals surface area contributed by atoms with Crippen LogP contribution in [-0.4, -0.2) is 12.3 Å². The van der Waals surface area contributed by atoms with E-state index in [-0.39, 0.29) is 11.7 Å². The van der Waals surface area contributed by atoms with Crippen LogP contribution in [0, 0.1) is 11.8 Å². The van der Waals surface area contributed by atoms with Crippen molar-refractivity contribution in [1.82, 2.24) is 0 Å². The molecular weight excluding hydrogens is 198 g/mol. The quantitative estimate of drug-likeness (QED) is 0.764. The summed E-state index contributed by atoms with van der Waals surface area (Å²) in [5.74, 6) is 5.68. The monoisotopic (exact) mass is 215 g/mol. The van der Waals surface area contributed by atoms with Gasteiger partial charge >= 0.3 is 0 Å². The fourth-order valence-electron chi connectivity index (χ4n) is 1.62. The molecule has 0 saturated carbocycles. The Morgan fingerprint density at radius 3 is 2.62 bits per heavy atom. The molecule has 0 aliphatic heterocycles. The number of benzene rings is 1. The Balaban J connectivity index is 2.66. The molecule has 1 aromatic rings. The zero-order valence-corrected chi connectivity index (χ0v) is 9.57. The summed E-state index contributed by atoms with van der Waals surface area (Å²) < 4.78 is 0. The first-order valence-electron chi connectivity index (χ1n) is 5.47. The second kappa shape index (κ2) is 6.81. The third kappa shape index (κ3) is 3.52. The lowest BCUT2D eigenvalue weighted by atomic mass is 9.92. The number of nitrogens with two attached hydrogens (primary N) is 1. The molecule has 0 spiro atoms. The summed E-state index contributed by atoms with van der Waals surface area (Å²) in [5, 5.41) is 0. The molecule has 1 rings (SSSR count). The van der Waals surface area contributed by atoms with Crippen LogP contribution >= 0.6 is 0 Å². The first-order valence-corrected chi connectivity index (χ1v) is 5.47. The van der Waals surface area contributed by atoms with Gasteiger partial charge in [0.15, 0.2) is 0 Å². The van der Waals surface area contributed by atoms with E-state index < -0.39 is 0 Å². The van der Waals surface area contributed by atoms with Crippen molar-refractivity contribution in [2.75, 3.05) is 6.54 Å². The van der Waals surface area contributed by atoms with Gasteiger partial charge in [0, 0.05) is 19.4 Å². The molecule has 1 atom stereocenters.